The molecule has 1 aliphatic heterocycles. The lowest BCUT2D eigenvalue weighted by Gasteiger charge is -2.18. The molecule has 0 bridgehead atoms. The molecule has 0 radical (unpaired) electrons. The summed E-state index contributed by atoms with van der Waals surface area (Å²) in [6, 6.07) is 5.94. The van der Waals surface area contributed by atoms with Gasteiger partial charge in [-0.15, -0.1) is 0 Å². The molecule has 1 unspecified atom stereocenters. The number of ether oxygens (including phenoxy) is 1. The quantitative estimate of drug-likeness (QED) is 0.856. The summed E-state index contributed by atoms with van der Waals surface area (Å²) in [7, 11) is 0. The molecule has 1 atom stereocenters. The molecule has 4 nitrogen and oxygen atoms in total. The van der Waals surface area contributed by atoms with E-state index in [2.05, 4.69) is 19.9 Å². The number of fused-ring (bicyclic) bond motifs is 1. The first kappa shape index (κ1) is 13.9. The first-order valence-corrected chi connectivity index (χ1v) is 6.65. The summed E-state index contributed by atoms with van der Waals surface area (Å²) >= 11 is 0. The average molecular weight is 263 g/mol. The molecule has 0 amide bonds. The zero-order chi connectivity index (χ0) is 14.0. The van der Waals surface area contributed by atoms with Gasteiger partial charge < -0.3 is 15.6 Å². The van der Waals surface area contributed by atoms with Crippen molar-refractivity contribution in [2.75, 3.05) is 6.61 Å². The highest BCUT2D eigenvalue weighted by atomic mass is 16.5. The zero-order valence-corrected chi connectivity index (χ0v) is 11.5. The largest absolute Gasteiger partial charge is 0.492 e. The number of carbonyl (C=O) groups is 1. The normalized spacial score (nSPS) is 17.6. The highest BCUT2D eigenvalue weighted by Gasteiger charge is 2.32. The summed E-state index contributed by atoms with van der Waals surface area (Å²) in [5.74, 6) is 0.169. The summed E-state index contributed by atoms with van der Waals surface area (Å²) in [6.07, 6.45) is 1.47. The van der Waals surface area contributed by atoms with Crippen LogP contribution in [0.1, 0.15) is 50.3 Å². The van der Waals surface area contributed by atoms with Crippen molar-refractivity contribution in [3.63, 3.8) is 0 Å². The smallest absolute Gasteiger partial charge is 0.303 e. The van der Waals surface area contributed by atoms with Crippen molar-refractivity contribution < 1.29 is 14.6 Å². The second-order valence-electron chi connectivity index (χ2n) is 5.82. The number of carboxylic acid groups (broad SMARTS) is 1. The molecule has 0 aliphatic carbocycles. The van der Waals surface area contributed by atoms with Gasteiger partial charge in [-0.25, -0.2) is 0 Å². The lowest BCUT2D eigenvalue weighted by atomic mass is 9.85. The van der Waals surface area contributed by atoms with Crippen LogP contribution in [-0.4, -0.2) is 17.7 Å². The molecule has 0 saturated heterocycles. The maximum atomic E-state index is 10.5. The van der Waals surface area contributed by atoms with Crippen LogP contribution in [0.4, 0.5) is 0 Å². The van der Waals surface area contributed by atoms with Gasteiger partial charge in [-0.3, -0.25) is 4.79 Å². The first-order chi connectivity index (χ1) is 8.90. The third-order valence-electron chi connectivity index (χ3n) is 3.66. The van der Waals surface area contributed by atoms with Crippen molar-refractivity contribution in [2.45, 2.75) is 44.6 Å². The predicted molar refractivity (Wildman–Crippen MR) is 73.4 cm³/mol. The molecule has 0 fully saturated rings. The third-order valence-corrected chi connectivity index (χ3v) is 3.66. The highest BCUT2D eigenvalue weighted by molar-refractivity contribution is 5.66. The Morgan fingerprint density at radius 3 is 2.95 bits per heavy atom. The molecular weight excluding hydrogens is 242 g/mol. The number of rotatable bonds is 5. The van der Waals surface area contributed by atoms with E-state index in [9.17, 15) is 4.79 Å². The predicted octanol–water partition coefficient (Wildman–Crippen LogP) is 2.61. The lowest BCUT2D eigenvalue weighted by molar-refractivity contribution is -0.137. The standard InChI is InChI=1S/C15H21NO3/c1-15(2)9-19-13-7-6-10(8-11(13)15)12(16)4-3-5-14(17)18/h6-8,12H,3-5,9,16H2,1-2H3,(H,17,18). The number of benzene rings is 1. The number of hydrogen-bond donors (Lipinski definition) is 2. The fraction of sp³-hybridized carbons (Fsp3) is 0.533. The Labute approximate surface area is 113 Å². The van der Waals surface area contributed by atoms with Gasteiger partial charge in [0.25, 0.3) is 0 Å². The molecule has 19 heavy (non-hydrogen) atoms. The number of carboxylic acids is 1. The van der Waals surface area contributed by atoms with Crippen LogP contribution < -0.4 is 10.5 Å². The summed E-state index contributed by atoms with van der Waals surface area (Å²) in [5.41, 5.74) is 8.40. The second-order valence-corrected chi connectivity index (χ2v) is 5.82. The van der Waals surface area contributed by atoms with E-state index in [1.54, 1.807) is 0 Å². The average Bonchev–Trinajstić information content (AvgIpc) is 2.64. The summed E-state index contributed by atoms with van der Waals surface area (Å²) in [6.45, 7) is 5.00. The lowest BCUT2D eigenvalue weighted by Crippen LogP contribution is -2.19. The van der Waals surface area contributed by atoms with Gasteiger partial charge in [-0.2, -0.15) is 0 Å². The van der Waals surface area contributed by atoms with Gasteiger partial charge >= 0.3 is 5.97 Å². The summed E-state index contributed by atoms with van der Waals surface area (Å²) in [4.78, 5) is 10.5. The van der Waals surface area contributed by atoms with Crippen LogP contribution >= 0.6 is 0 Å². The van der Waals surface area contributed by atoms with Crippen LogP contribution in [0, 0.1) is 0 Å². The van der Waals surface area contributed by atoms with E-state index < -0.39 is 5.97 Å². The van der Waals surface area contributed by atoms with Crippen LogP contribution in [0.5, 0.6) is 5.75 Å². The van der Waals surface area contributed by atoms with Crippen molar-refractivity contribution in [3.05, 3.63) is 29.3 Å². The van der Waals surface area contributed by atoms with Crippen LogP contribution in [0.3, 0.4) is 0 Å². The van der Waals surface area contributed by atoms with Crippen molar-refractivity contribution in [1.29, 1.82) is 0 Å². The molecule has 104 valence electrons. The Morgan fingerprint density at radius 1 is 1.53 bits per heavy atom. The van der Waals surface area contributed by atoms with Gasteiger partial charge in [0.2, 0.25) is 0 Å². The van der Waals surface area contributed by atoms with Gasteiger partial charge in [-0.05, 0) is 30.5 Å². The summed E-state index contributed by atoms with van der Waals surface area (Å²) < 4.78 is 5.64. The Morgan fingerprint density at radius 2 is 2.26 bits per heavy atom. The van der Waals surface area contributed by atoms with Crippen LogP contribution in [0.25, 0.3) is 0 Å². The SMILES string of the molecule is CC1(C)COc2ccc(C(N)CCCC(=O)O)cc21. The first-order valence-electron chi connectivity index (χ1n) is 6.65. The number of nitrogens with two attached hydrogens (primary N) is 1. The van der Waals surface area contributed by atoms with Gasteiger partial charge in [0, 0.05) is 23.4 Å². The van der Waals surface area contributed by atoms with Crippen molar-refractivity contribution in [1.82, 2.24) is 0 Å². The van der Waals surface area contributed by atoms with Crippen molar-refractivity contribution >= 4 is 5.97 Å². The van der Waals surface area contributed by atoms with Gasteiger partial charge in [-0.1, -0.05) is 19.9 Å². The molecule has 3 N–H and O–H groups in total. The van der Waals surface area contributed by atoms with E-state index in [4.69, 9.17) is 15.6 Å². The highest BCUT2D eigenvalue weighted by Crippen LogP contribution is 2.39. The Bertz CT molecular complexity index is 482. The minimum absolute atomic E-state index is 0.0200. The molecule has 0 saturated carbocycles. The monoisotopic (exact) mass is 263 g/mol. The van der Waals surface area contributed by atoms with Crippen molar-refractivity contribution in [3.8, 4) is 5.75 Å². The third kappa shape index (κ3) is 3.07. The molecular formula is C15H21NO3. The van der Waals surface area contributed by atoms with Crippen molar-refractivity contribution in [2.24, 2.45) is 5.73 Å². The van der Waals surface area contributed by atoms with Crippen LogP contribution in [-0.2, 0) is 10.2 Å². The van der Waals surface area contributed by atoms with E-state index in [1.807, 2.05) is 12.1 Å². The molecule has 0 spiro atoms. The van der Waals surface area contributed by atoms with E-state index in [-0.39, 0.29) is 17.9 Å². The van der Waals surface area contributed by atoms with Gasteiger partial charge in [0.05, 0.1) is 6.61 Å². The van der Waals surface area contributed by atoms with E-state index in [0.29, 0.717) is 19.4 Å². The molecule has 1 aliphatic rings. The van der Waals surface area contributed by atoms with E-state index in [1.165, 1.54) is 5.56 Å². The number of aliphatic carboxylic acids is 1. The second kappa shape index (κ2) is 5.21. The molecule has 1 heterocycles. The van der Waals surface area contributed by atoms with Gasteiger partial charge in [0.1, 0.15) is 5.75 Å². The zero-order valence-electron chi connectivity index (χ0n) is 11.5. The van der Waals surface area contributed by atoms with Gasteiger partial charge in [0.15, 0.2) is 0 Å². The Balaban J connectivity index is 2.07. The fourth-order valence-corrected chi connectivity index (χ4v) is 2.41. The van der Waals surface area contributed by atoms with E-state index in [0.717, 1.165) is 11.3 Å². The fourth-order valence-electron chi connectivity index (χ4n) is 2.41. The van der Waals surface area contributed by atoms with Crippen LogP contribution in [0.15, 0.2) is 18.2 Å². The molecule has 1 aromatic carbocycles. The topological polar surface area (TPSA) is 72.5 Å². The summed E-state index contributed by atoms with van der Waals surface area (Å²) in [5, 5.41) is 8.64. The molecule has 4 heteroatoms. The minimum atomic E-state index is -0.768. The maximum absolute atomic E-state index is 10.5. The molecule has 2 rings (SSSR count). The molecule has 0 aromatic heterocycles. The molecule has 1 aromatic rings. The maximum Gasteiger partial charge on any atom is 0.303 e. The van der Waals surface area contributed by atoms with E-state index >= 15 is 0 Å². The Kier molecular flexibility index (Phi) is 3.80. The minimum Gasteiger partial charge on any atom is -0.492 e. The van der Waals surface area contributed by atoms with Crippen LogP contribution in [0.2, 0.25) is 0 Å². The number of hydrogen-bond acceptors (Lipinski definition) is 3. The Hall–Kier alpha value is -1.55.